The Kier molecular flexibility index (Phi) is 4.32. The third kappa shape index (κ3) is 3.72. The average Bonchev–Trinajstić information content (AvgIpc) is 2.17. The van der Waals surface area contributed by atoms with Gasteiger partial charge in [0.25, 0.3) is 0 Å². The summed E-state index contributed by atoms with van der Waals surface area (Å²) in [5.41, 5.74) is 0.172. The van der Waals surface area contributed by atoms with Crippen LogP contribution in [-0.4, -0.2) is 12.6 Å². The van der Waals surface area contributed by atoms with E-state index in [4.69, 9.17) is 0 Å². The van der Waals surface area contributed by atoms with Gasteiger partial charge in [-0.2, -0.15) is 0 Å². The Hall–Kier alpha value is -1.34. The third-order valence-electron chi connectivity index (χ3n) is 1.51. The van der Waals surface area contributed by atoms with Crippen LogP contribution in [0.3, 0.4) is 0 Å². The number of carbonyl (C=O) groups is 1. The number of rotatable bonds is 1. The summed E-state index contributed by atoms with van der Waals surface area (Å²) in [6.07, 6.45) is 0. The highest BCUT2D eigenvalue weighted by Crippen LogP contribution is 2.14. The second kappa shape index (κ2) is 5.52. The highest BCUT2D eigenvalue weighted by atomic mass is 79.9. The molecule has 78 valence electrons. The quantitative estimate of drug-likeness (QED) is 0.579. The third-order valence-corrected chi connectivity index (χ3v) is 2.00. The van der Waals surface area contributed by atoms with Crippen molar-refractivity contribution >= 4 is 21.9 Å². The number of hydrogen-bond donors (Lipinski definition) is 0. The molecule has 0 N–H and O–H groups in total. The minimum atomic E-state index is -0.653. The first-order valence-electron chi connectivity index (χ1n) is 4.27. The molecule has 0 aliphatic carbocycles. The topological polar surface area (TPSA) is 26.3 Å². The van der Waals surface area contributed by atoms with E-state index in [0.29, 0.717) is 4.47 Å². The minimum absolute atomic E-state index is 0.172. The number of benzene rings is 1. The van der Waals surface area contributed by atoms with Crippen LogP contribution in [0.1, 0.15) is 12.5 Å². The summed E-state index contributed by atoms with van der Waals surface area (Å²) in [5, 5.41) is 0. The van der Waals surface area contributed by atoms with Crippen molar-refractivity contribution in [1.82, 2.24) is 0 Å². The van der Waals surface area contributed by atoms with Gasteiger partial charge in [0.2, 0.25) is 0 Å². The summed E-state index contributed by atoms with van der Waals surface area (Å²) in [6.45, 7) is 1.94. The van der Waals surface area contributed by atoms with Crippen LogP contribution in [0.25, 0.3) is 0 Å². The molecule has 0 fully saturated rings. The van der Waals surface area contributed by atoms with Crippen LogP contribution in [0.4, 0.5) is 4.39 Å². The molecule has 0 aliphatic heterocycles. The fraction of sp³-hybridized carbons (Fsp3) is 0.182. The Labute approximate surface area is 95.6 Å². The first-order valence-corrected chi connectivity index (χ1v) is 5.06. The lowest BCUT2D eigenvalue weighted by Crippen LogP contribution is -1.99. The van der Waals surface area contributed by atoms with Crippen LogP contribution in [0.2, 0.25) is 0 Å². The summed E-state index contributed by atoms with van der Waals surface area (Å²) in [6, 6.07) is 4.43. The molecule has 0 unspecified atom stereocenters. The van der Waals surface area contributed by atoms with Crippen LogP contribution in [0.5, 0.6) is 0 Å². The van der Waals surface area contributed by atoms with Crippen LogP contribution >= 0.6 is 15.9 Å². The maximum absolute atomic E-state index is 13.2. The van der Waals surface area contributed by atoms with E-state index < -0.39 is 11.8 Å². The van der Waals surface area contributed by atoms with Gasteiger partial charge in [-0.1, -0.05) is 21.9 Å². The van der Waals surface area contributed by atoms with E-state index in [1.165, 1.54) is 12.1 Å². The van der Waals surface area contributed by atoms with Crippen molar-refractivity contribution in [3.63, 3.8) is 0 Å². The molecule has 0 radical (unpaired) electrons. The second-order valence-corrected chi connectivity index (χ2v) is 3.51. The first kappa shape index (κ1) is 11.7. The Morgan fingerprint density at radius 1 is 1.60 bits per heavy atom. The van der Waals surface area contributed by atoms with Crippen molar-refractivity contribution < 1.29 is 13.9 Å². The zero-order chi connectivity index (χ0) is 11.3. The van der Waals surface area contributed by atoms with Crippen molar-refractivity contribution in [3.05, 3.63) is 34.1 Å². The van der Waals surface area contributed by atoms with Crippen molar-refractivity contribution in [2.75, 3.05) is 6.61 Å². The predicted octanol–water partition coefficient (Wildman–Crippen LogP) is 2.50. The summed E-state index contributed by atoms with van der Waals surface area (Å²) in [7, 11) is 0. The Bertz CT molecular complexity index is 432. The van der Waals surface area contributed by atoms with Crippen LogP contribution in [0.15, 0.2) is 22.7 Å². The molecule has 0 saturated carbocycles. The Morgan fingerprint density at radius 2 is 2.33 bits per heavy atom. The summed E-state index contributed by atoms with van der Waals surface area (Å²) in [4.78, 5) is 10.9. The van der Waals surface area contributed by atoms with Crippen LogP contribution in [0, 0.1) is 17.7 Å². The SMILES string of the molecule is CCOC(=O)C#Cc1ccc(Br)cc1F. The molecule has 2 nitrogen and oxygen atoms in total. The zero-order valence-electron chi connectivity index (χ0n) is 8.01. The van der Waals surface area contributed by atoms with E-state index in [1.807, 2.05) is 0 Å². The van der Waals surface area contributed by atoms with Crippen LogP contribution < -0.4 is 0 Å². The van der Waals surface area contributed by atoms with Gasteiger partial charge in [0.05, 0.1) is 12.2 Å². The van der Waals surface area contributed by atoms with Gasteiger partial charge in [0.1, 0.15) is 5.82 Å². The molecule has 0 aliphatic rings. The minimum Gasteiger partial charge on any atom is -0.456 e. The number of ether oxygens (including phenoxy) is 1. The number of halogens is 2. The molecule has 0 spiro atoms. The molecule has 1 aromatic rings. The van der Waals surface area contributed by atoms with E-state index in [2.05, 4.69) is 32.5 Å². The van der Waals surface area contributed by atoms with Crippen molar-refractivity contribution in [2.45, 2.75) is 6.92 Å². The van der Waals surface area contributed by atoms with E-state index in [-0.39, 0.29) is 12.2 Å². The first-order chi connectivity index (χ1) is 7.13. The van der Waals surface area contributed by atoms with Crippen molar-refractivity contribution in [2.24, 2.45) is 0 Å². The highest BCUT2D eigenvalue weighted by molar-refractivity contribution is 9.10. The second-order valence-electron chi connectivity index (χ2n) is 2.59. The summed E-state index contributed by atoms with van der Waals surface area (Å²) in [5.74, 6) is 3.47. The molecular formula is C11H8BrFO2. The Balaban J connectivity index is 2.84. The van der Waals surface area contributed by atoms with Gasteiger partial charge in [0, 0.05) is 10.4 Å². The van der Waals surface area contributed by atoms with Gasteiger partial charge in [-0.15, -0.1) is 0 Å². The molecule has 0 aromatic heterocycles. The van der Waals surface area contributed by atoms with Gasteiger partial charge in [-0.05, 0) is 25.1 Å². The molecule has 0 atom stereocenters. The molecule has 0 bridgehead atoms. The molecule has 0 heterocycles. The lowest BCUT2D eigenvalue weighted by atomic mass is 10.2. The average molecular weight is 271 g/mol. The normalized spacial score (nSPS) is 9.00. The fourth-order valence-electron chi connectivity index (χ4n) is 0.876. The molecule has 4 heteroatoms. The van der Waals surface area contributed by atoms with Crippen LogP contribution in [-0.2, 0) is 9.53 Å². The smallest absolute Gasteiger partial charge is 0.384 e. The predicted molar refractivity (Wildman–Crippen MR) is 57.6 cm³/mol. The maximum atomic E-state index is 13.2. The molecule has 0 amide bonds. The maximum Gasteiger partial charge on any atom is 0.384 e. The lowest BCUT2D eigenvalue weighted by molar-refractivity contribution is -0.136. The zero-order valence-corrected chi connectivity index (χ0v) is 9.60. The summed E-state index contributed by atoms with van der Waals surface area (Å²) < 4.78 is 18.4. The molecular weight excluding hydrogens is 263 g/mol. The van der Waals surface area contributed by atoms with Gasteiger partial charge in [0.15, 0.2) is 0 Å². The van der Waals surface area contributed by atoms with Crippen molar-refractivity contribution in [1.29, 1.82) is 0 Å². The number of hydrogen-bond acceptors (Lipinski definition) is 2. The molecule has 15 heavy (non-hydrogen) atoms. The lowest BCUT2D eigenvalue weighted by Gasteiger charge is -1.94. The number of carbonyl (C=O) groups excluding carboxylic acids is 1. The van der Waals surface area contributed by atoms with Gasteiger partial charge < -0.3 is 4.74 Å². The fourth-order valence-corrected chi connectivity index (χ4v) is 1.21. The molecule has 0 saturated heterocycles. The van der Waals surface area contributed by atoms with Gasteiger partial charge in [-0.3, -0.25) is 0 Å². The van der Waals surface area contributed by atoms with E-state index in [9.17, 15) is 9.18 Å². The Morgan fingerprint density at radius 3 is 2.93 bits per heavy atom. The molecule has 1 rings (SSSR count). The van der Waals surface area contributed by atoms with Gasteiger partial charge >= 0.3 is 5.97 Å². The van der Waals surface area contributed by atoms with Crippen molar-refractivity contribution in [3.8, 4) is 11.8 Å². The molecule has 1 aromatic carbocycles. The van der Waals surface area contributed by atoms with E-state index >= 15 is 0 Å². The summed E-state index contributed by atoms with van der Waals surface area (Å²) >= 11 is 3.12. The number of esters is 1. The van der Waals surface area contributed by atoms with E-state index in [1.54, 1.807) is 13.0 Å². The largest absolute Gasteiger partial charge is 0.456 e. The standard InChI is InChI=1S/C11H8BrFO2/c1-2-15-11(14)6-4-8-3-5-9(12)7-10(8)13/h3,5,7H,2H2,1H3. The highest BCUT2D eigenvalue weighted by Gasteiger charge is 2.00. The van der Waals surface area contributed by atoms with Gasteiger partial charge in [-0.25, -0.2) is 9.18 Å². The monoisotopic (exact) mass is 270 g/mol. The van der Waals surface area contributed by atoms with E-state index in [0.717, 1.165) is 0 Å².